The summed E-state index contributed by atoms with van der Waals surface area (Å²) < 4.78 is 38.0. The third-order valence-electron chi connectivity index (χ3n) is 3.70. The number of carbonyl (C=O) groups excluding carboxylic acids is 1. The fraction of sp³-hybridized carbons (Fsp3) is 0.333. The fourth-order valence-electron chi connectivity index (χ4n) is 2.33. The lowest BCUT2D eigenvalue weighted by atomic mass is 10.1. The van der Waals surface area contributed by atoms with Gasteiger partial charge in [-0.3, -0.25) is 4.79 Å². The van der Waals surface area contributed by atoms with Crippen LogP contribution < -0.4 is 0 Å². The third kappa shape index (κ3) is 4.98. The number of carbonyl (C=O) groups is 1. The number of hydrogen-bond acceptors (Lipinski definition) is 3. The van der Waals surface area contributed by atoms with Crippen LogP contribution in [0.1, 0.15) is 30.2 Å². The standard InChI is InChI=1S/C18H19F3N2OS/c1-3-23(4-2)17(24)16(13-8-6-5-7-9-13)25-15-11-10-14(12-22-15)18(19,20)21/h5-12,16H,3-4H2,1-2H3. The first-order chi connectivity index (χ1) is 11.9. The van der Waals surface area contributed by atoms with Crippen LogP contribution in [0.4, 0.5) is 13.2 Å². The number of alkyl halides is 3. The summed E-state index contributed by atoms with van der Waals surface area (Å²) in [5.74, 6) is -0.0807. The lowest BCUT2D eigenvalue weighted by Gasteiger charge is -2.25. The molecule has 2 aromatic rings. The topological polar surface area (TPSA) is 33.2 Å². The molecule has 1 amide bonds. The van der Waals surface area contributed by atoms with Gasteiger partial charge in [-0.25, -0.2) is 4.98 Å². The predicted molar refractivity (Wildman–Crippen MR) is 92.2 cm³/mol. The van der Waals surface area contributed by atoms with Gasteiger partial charge >= 0.3 is 6.18 Å². The lowest BCUT2D eigenvalue weighted by molar-refractivity contribution is -0.138. The molecule has 0 fully saturated rings. The normalized spacial score (nSPS) is 12.7. The summed E-state index contributed by atoms with van der Waals surface area (Å²) in [5.41, 5.74) is -0.00530. The van der Waals surface area contributed by atoms with E-state index in [2.05, 4.69) is 4.98 Å². The molecule has 1 unspecified atom stereocenters. The van der Waals surface area contributed by atoms with E-state index < -0.39 is 17.0 Å². The Hall–Kier alpha value is -2.02. The molecular formula is C18H19F3N2OS. The van der Waals surface area contributed by atoms with Crippen LogP contribution in [0.25, 0.3) is 0 Å². The number of aromatic nitrogens is 1. The maximum atomic E-state index is 12.8. The molecule has 1 heterocycles. The number of nitrogens with zero attached hydrogens (tertiary/aromatic N) is 2. The fourth-order valence-corrected chi connectivity index (χ4v) is 3.37. The zero-order chi connectivity index (χ0) is 18.4. The molecule has 25 heavy (non-hydrogen) atoms. The molecular weight excluding hydrogens is 349 g/mol. The van der Waals surface area contributed by atoms with E-state index in [1.165, 1.54) is 6.07 Å². The van der Waals surface area contributed by atoms with Gasteiger partial charge in [0.2, 0.25) is 5.91 Å². The second kappa shape index (κ2) is 8.38. The van der Waals surface area contributed by atoms with Crippen molar-refractivity contribution in [1.29, 1.82) is 0 Å². The number of likely N-dealkylation sites (N-methyl/N-ethyl adjacent to an activating group) is 1. The lowest BCUT2D eigenvalue weighted by Crippen LogP contribution is -2.33. The van der Waals surface area contributed by atoms with E-state index >= 15 is 0 Å². The van der Waals surface area contributed by atoms with Crippen LogP contribution in [-0.4, -0.2) is 28.9 Å². The summed E-state index contributed by atoms with van der Waals surface area (Å²) in [6, 6.07) is 11.5. The van der Waals surface area contributed by atoms with Gasteiger partial charge in [-0.2, -0.15) is 13.2 Å². The van der Waals surface area contributed by atoms with Crippen molar-refractivity contribution in [3.63, 3.8) is 0 Å². The van der Waals surface area contributed by atoms with E-state index in [1.807, 2.05) is 44.2 Å². The van der Waals surface area contributed by atoms with Crippen LogP contribution >= 0.6 is 11.8 Å². The van der Waals surface area contributed by atoms with E-state index in [4.69, 9.17) is 0 Å². The zero-order valence-electron chi connectivity index (χ0n) is 14.0. The molecule has 0 N–H and O–H groups in total. The Morgan fingerprint density at radius 2 is 1.76 bits per heavy atom. The molecule has 0 bridgehead atoms. The number of thioether (sulfide) groups is 1. The first-order valence-electron chi connectivity index (χ1n) is 7.90. The molecule has 0 saturated carbocycles. The smallest absolute Gasteiger partial charge is 0.342 e. The van der Waals surface area contributed by atoms with Crippen molar-refractivity contribution in [1.82, 2.24) is 9.88 Å². The molecule has 2 rings (SSSR count). The summed E-state index contributed by atoms with van der Waals surface area (Å²) in [6.07, 6.45) is -3.63. The molecule has 7 heteroatoms. The summed E-state index contributed by atoms with van der Waals surface area (Å²) >= 11 is 1.16. The third-order valence-corrected chi connectivity index (χ3v) is 4.90. The Morgan fingerprint density at radius 1 is 1.12 bits per heavy atom. The van der Waals surface area contributed by atoms with Crippen molar-refractivity contribution in [3.8, 4) is 0 Å². The number of rotatable bonds is 6. The summed E-state index contributed by atoms with van der Waals surface area (Å²) in [5, 5.41) is -0.173. The van der Waals surface area contributed by atoms with Gasteiger partial charge in [-0.05, 0) is 31.5 Å². The molecule has 1 aromatic heterocycles. The van der Waals surface area contributed by atoms with Crippen molar-refractivity contribution >= 4 is 17.7 Å². The Bertz CT molecular complexity index is 686. The summed E-state index contributed by atoms with van der Waals surface area (Å²) in [7, 11) is 0. The van der Waals surface area contributed by atoms with E-state index in [0.29, 0.717) is 18.1 Å². The first-order valence-corrected chi connectivity index (χ1v) is 8.78. The molecule has 0 saturated heterocycles. The molecule has 0 aliphatic carbocycles. The highest BCUT2D eigenvalue weighted by Crippen LogP contribution is 2.37. The highest BCUT2D eigenvalue weighted by molar-refractivity contribution is 8.00. The van der Waals surface area contributed by atoms with Crippen LogP contribution in [0.3, 0.4) is 0 Å². The highest BCUT2D eigenvalue weighted by Gasteiger charge is 2.31. The Balaban J connectivity index is 2.29. The minimum atomic E-state index is -4.42. The SMILES string of the molecule is CCN(CC)C(=O)C(Sc1ccc(C(F)(F)F)cn1)c1ccccc1. The van der Waals surface area contributed by atoms with Gasteiger partial charge in [-0.15, -0.1) is 0 Å². The van der Waals surface area contributed by atoms with Crippen molar-refractivity contribution in [2.24, 2.45) is 0 Å². The molecule has 134 valence electrons. The van der Waals surface area contributed by atoms with Crippen LogP contribution in [0.15, 0.2) is 53.7 Å². The van der Waals surface area contributed by atoms with Crippen LogP contribution in [0.5, 0.6) is 0 Å². The van der Waals surface area contributed by atoms with Gasteiger partial charge < -0.3 is 4.90 Å². The second-order valence-electron chi connectivity index (χ2n) is 5.30. The van der Waals surface area contributed by atoms with Crippen molar-refractivity contribution in [2.75, 3.05) is 13.1 Å². The quantitative estimate of drug-likeness (QED) is 0.687. The van der Waals surface area contributed by atoms with Crippen molar-refractivity contribution in [3.05, 3.63) is 59.8 Å². The Morgan fingerprint density at radius 3 is 2.24 bits per heavy atom. The van der Waals surface area contributed by atoms with Crippen LogP contribution in [0.2, 0.25) is 0 Å². The van der Waals surface area contributed by atoms with Crippen LogP contribution in [-0.2, 0) is 11.0 Å². The van der Waals surface area contributed by atoms with Gasteiger partial charge in [0, 0.05) is 19.3 Å². The van der Waals surface area contributed by atoms with Gasteiger partial charge in [0.05, 0.1) is 10.6 Å². The van der Waals surface area contributed by atoms with Crippen molar-refractivity contribution in [2.45, 2.75) is 30.3 Å². The van der Waals surface area contributed by atoms with Gasteiger partial charge in [0.15, 0.2) is 0 Å². The van der Waals surface area contributed by atoms with E-state index in [9.17, 15) is 18.0 Å². The molecule has 0 radical (unpaired) electrons. The minimum absolute atomic E-state index is 0.0807. The number of hydrogen-bond donors (Lipinski definition) is 0. The van der Waals surface area contributed by atoms with E-state index in [0.717, 1.165) is 29.6 Å². The predicted octanol–water partition coefficient (Wildman–Crippen LogP) is 4.80. The number of pyridine rings is 1. The summed E-state index contributed by atoms with van der Waals surface area (Å²) in [6.45, 7) is 4.92. The minimum Gasteiger partial charge on any atom is -0.342 e. The van der Waals surface area contributed by atoms with E-state index in [1.54, 1.807) is 4.90 Å². The van der Waals surface area contributed by atoms with E-state index in [-0.39, 0.29) is 5.91 Å². The highest BCUT2D eigenvalue weighted by atomic mass is 32.2. The average Bonchev–Trinajstić information content (AvgIpc) is 2.61. The zero-order valence-corrected chi connectivity index (χ0v) is 14.8. The summed E-state index contributed by atoms with van der Waals surface area (Å²) in [4.78, 5) is 18.4. The molecule has 0 spiro atoms. The number of halogens is 3. The Kier molecular flexibility index (Phi) is 6.47. The maximum absolute atomic E-state index is 12.8. The molecule has 0 aliphatic heterocycles. The monoisotopic (exact) mass is 368 g/mol. The molecule has 0 aliphatic rings. The maximum Gasteiger partial charge on any atom is 0.417 e. The van der Waals surface area contributed by atoms with Gasteiger partial charge in [0.25, 0.3) is 0 Å². The Labute approximate surface area is 149 Å². The number of amides is 1. The average molecular weight is 368 g/mol. The van der Waals surface area contributed by atoms with Crippen LogP contribution in [0, 0.1) is 0 Å². The molecule has 1 aromatic carbocycles. The molecule has 1 atom stereocenters. The largest absolute Gasteiger partial charge is 0.417 e. The number of benzene rings is 1. The van der Waals surface area contributed by atoms with Gasteiger partial charge in [0.1, 0.15) is 5.25 Å². The second-order valence-corrected chi connectivity index (χ2v) is 6.43. The van der Waals surface area contributed by atoms with Crippen molar-refractivity contribution < 1.29 is 18.0 Å². The van der Waals surface area contributed by atoms with Gasteiger partial charge in [-0.1, -0.05) is 42.1 Å². The first kappa shape index (κ1) is 19.3. The molecule has 3 nitrogen and oxygen atoms in total.